The van der Waals surface area contributed by atoms with Crippen molar-refractivity contribution in [3.63, 3.8) is 0 Å². The molecule has 2 amide bonds. The van der Waals surface area contributed by atoms with E-state index in [-0.39, 0.29) is 34.8 Å². The minimum atomic E-state index is -1.09. The highest BCUT2D eigenvalue weighted by Crippen LogP contribution is 2.34. The van der Waals surface area contributed by atoms with Gasteiger partial charge in [-0.25, -0.2) is 18.5 Å². The van der Waals surface area contributed by atoms with Gasteiger partial charge < -0.3 is 10.1 Å². The van der Waals surface area contributed by atoms with Crippen LogP contribution in [0, 0.1) is 11.6 Å². The van der Waals surface area contributed by atoms with Gasteiger partial charge in [0.25, 0.3) is 11.8 Å². The maximum atomic E-state index is 13.7. The predicted molar refractivity (Wildman–Crippen MR) is 123 cm³/mol. The third-order valence-electron chi connectivity index (χ3n) is 5.13. The number of nitrogens with one attached hydrogen (secondary N) is 1. The number of ether oxygens (including phenoxy) is 1. The Bertz CT molecular complexity index is 1290. The fraction of sp³-hybridized carbons (Fsp3) is 0.115. The van der Waals surface area contributed by atoms with Crippen molar-refractivity contribution in [2.75, 3.05) is 16.8 Å². The second-order valence-corrected chi connectivity index (χ2v) is 7.50. The van der Waals surface area contributed by atoms with Gasteiger partial charge in [0, 0.05) is 11.8 Å². The number of hydrogen-bond donors (Lipinski definition) is 1. The lowest BCUT2D eigenvalue weighted by Gasteiger charge is -2.16. The summed E-state index contributed by atoms with van der Waals surface area (Å²) in [4.78, 5) is 39.7. The lowest BCUT2D eigenvalue weighted by molar-refractivity contribution is -0.120. The van der Waals surface area contributed by atoms with Gasteiger partial charge >= 0.3 is 5.97 Å². The molecule has 3 aromatic rings. The minimum absolute atomic E-state index is 0.0753. The average molecular weight is 462 g/mol. The largest absolute Gasteiger partial charge is 0.462 e. The molecule has 1 aliphatic heterocycles. The van der Waals surface area contributed by atoms with Gasteiger partial charge in [-0.05, 0) is 48.4 Å². The molecule has 0 unspecified atom stereocenters. The first-order valence-electron chi connectivity index (χ1n) is 10.6. The Labute approximate surface area is 194 Å². The summed E-state index contributed by atoms with van der Waals surface area (Å²) < 4.78 is 32.2. The van der Waals surface area contributed by atoms with E-state index in [1.54, 1.807) is 30.3 Å². The average Bonchev–Trinajstić information content (AvgIpc) is 3.09. The number of nitrogens with zero attached hydrogens (tertiary/aromatic N) is 1. The van der Waals surface area contributed by atoms with Crippen LogP contribution in [0.4, 0.5) is 20.2 Å². The molecule has 6 nitrogen and oxygen atoms in total. The molecule has 1 heterocycles. The van der Waals surface area contributed by atoms with Crippen molar-refractivity contribution in [1.29, 1.82) is 0 Å². The summed E-state index contributed by atoms with van der Waals surface area (Å²) in [5.41, 5.74) is 1.13. The Morgan fingerprint density at radius 1 is 0.912 bits per heavy atom. The zero-order chi connectivity index (χ0) is 24.2. The predicted octanol–water partition coefficient (Wildman–Crippen LogP) is 4.93. The van der Waals surface area contributed by atoms with Crippen LogP contribution < -0.4 is 10.2 Å². The molecule has 8 heteroatoms. The number of esters is 1. The summed E-state index contributed by atoms with van der Waals surface area (Å²) in [6, 6.07) is 17.5. The van der Waals surface area contributed by atoms with Gasteiger partial charge in [0.05, 0.1) is 23.4 Å². The molecule has 3 aromatic carbocycles. The lowest BCUT2D eigenvalue weighted by Crippen LogP contribution is -2.32. The molecule has 0 aromatic heterocycles. The van der Waals surface area contributed by atoms with Gasteiger partial charge in [0.1, 0.15) is 5.70 Å². The normalized spacial score (nSPS) is 13.4. The number of carbonyl (C=O) groups is 3. The first-order chi connectivity index (χ1) is 16.4. The maximum absolute atomic E-state index is 13.7. The summed E-state index contributed by atoms with van der Waals surface area (Å²) in [6.45, 7) is 2.16. The fourth-order valence-corrected chi connectivity index (χ4v) is 3.50. The minimum Gasteiger partial charge on any atom is -0.462 e. The molecule has 0 radical (unpaired) electrons. The molecule has 4 rings (SSSR count). The van der Waals surface area contributed by atoms with Crippen LogP contribution in [0.2, 0.25) is 0 Å². The first-order valence-corrected chi connectivity index (χ1v) is 10.6. The van der Waals surface area contributed by atoms with Crippen molar-refractivity contribution in [3.8, 4) is 0 Å². The van der Waals surface area contributed by atoms with Crippen molar-refractivity contribution in [1.82, 2.24) is 0 Å². The van der Waals surface area contributed by atoms with Crippen molar-refractivity contribution in [2.24, 2.45) is 0 Å². The first kappa shape index (κ1) is 22.8. The zero-order valence-corrected chi connectivity index (χ0v) is 18.2. The molecule has 0 bridgehead atoms. The third-order valence-corrected chi connectivity index (χ3v) is 5.13. The van der Waals surface area contributed by atoms with E-state index in [0.29, 0.717) is 12.0 Å². The van der Waals surface area contributed by atoms with E-state index in [1.807, 2.05) is 6.92 Å². The molecule has 0 fully saturated rings. The van der Waals surface area contributed by atoms with E-state index in [1.165, 1.54) is 30.3 Å². The van der Waals surface area contributed by atoms with Crippen LogP contribution in [0.5, 0.6) is 0 Å². The quantitative estimate of drug-likeness (QED) is 0.398. The van der Waals surface area contributed by atoms with E-state index in [2.05, 4.69) is 5.32 Å². The second kappa shape index (κ2) is 9.66. The summed E-state index contributed by atoms with van der Waals surface area (Å²) >= 11 is 0. The van der Waals surface area contributed by atoms with Crippen LogP contribution in [0.3, 0.4) is 0 Å². The van der Waals surface area contributed by atoms with E-state index < -0.39 is 29.4 Å². The Kier molecular flexibility index (Phi) is 6.49. The molecule has 0 saturated carbocycles. The molecule has 34 heavy (non-hydrogen) atoms. The van der Waals surface area contributed by atoms with Gasteiger partial charge in [-0.3, -0.25) is 9.59 Å². The Morgan fingerprint density at radius 2 is 1.62 bits per heavy atom. The van der Waals surface area contributed by atoms with Crippen LogP contribution in [0.25, 0.3) is 5.57 Å². The van der Waals surface area contributed by atoms with Crippen molar-refractivity contribution < 1.29 is 27.9 Å². The Morgan fingerprint density at radius 3 is 2.26 bits per heavy atom. The van der Waals surface area contributed by atoms with Crippen LogP contribution in [0.1, 0.15) is 29.3 Å². The van der Waals surface area contributed by atoms with Gasteiger partial charge in [0.15, 0.2) is 11.6 Å². The molecule has 0 saturated heterocycles. The second-order valence-electron chi connectivity index (χ2n) is 7.50. The highest BCUT2D eigenvalue weighted by Gasteiger charge is 2.40. The molecule has 0 aliphatic carbocycles. The highest BCUT2D eigenvalue weighted by atomic mass is 19.2. The standard InChI is InChI=1S/C26H20F2N2O4/c1-2-14-34-26(33)17-8-11-19(12-9-17)30-24(31)22(16-6-4-3-5-7-16)23(25(30)32)29-18-10-13-20(27)21(28)15-18/h3-13,15,29H,2,14H2,1H3. The van der Waals surface area contributed by atoms with Crippen LogP contribution >= 0.6 is 0 Å². The van der Waals surface area contributed by atoms with Crippen LogP contribution in [-0.4, -0.2) is 24.4 Å². The molecule has 172 valence electrons. The van der Waals surface area contributed by atoms with E-state index in [4.69, 9.17) is 4.74 Å². The molecule has 0 spiro atoms. The smallest absolute Gasteiger partial charge is 0.338 e. The van der Waals surface area contributed by atoms with Gasteiger partial charge in [-0.1, -0.05) is 37.3 Å². The Balaban J connectivity index is 1.70. The number of amides is 2. The van der Waals surface area contributed by atoms with Crippen molar-refractivity contribution in [3.05, 3.63) is 101 Å². The summed E-state index contributed by atoms with van der Waals surface area (Å²) in [5.74, 6) is -3.89. The number of benzene rings is 3. The summed E-state index contributed by atoms with van der Waals surface area (Å²) in [7, 11) is 0. The maximum Gasteiger partial charge on any atom is 0.338 e. The summed E-state index contributed by atoms with van der Waals surface area (Å²) in [5, 5.41) is 2.78. The number of rotatable bonds is 7. The third kappa shape index (κ3) is 4.43. The zero-order valence-electron chi connectivity index (χ0n) is 18.2. The van der Waals surface area contributed by atoms with E-state index in [0.717, 1.165) is 17.0 Å². The molecule has 1 N–H and O–H groups in total. The number of halogens is 2. The van der Waals surface area contributed by atoms with Gasteiger partial charge in [-0.15, -0.1) is 0 Å². The molecular formula is C26H20F2N2O4. The van der Waals surface area contributed by atoms with E-state index >= 15 is 0 Å². The number of imide groups is 1. The summed E-state index contributed by atoms with van der Waals surface area (Å²) in [6.07, 6.45) is 0.683. The van der Waals surface area contributed by atoms with Crippen molar-refractivity contribution >= 4 is 34.7 Å². The van der Waals surface area contributed by atoms with Crippen LogP contribution in [-0.2, 0) is 14.3 Å². The Hall–Kier alpha value is -4.33. The monoisotopic (exact) mass is 462 g/mol. The SMILES string of the molecule is CCCOC(=O)c1ccc(N2C(=O)C(Nc3ccc(F)c(F)c3)=C(c3ccccc3)C2=O)cc1. The van der Waals surface area contributed by atoms with Gasteiger partial charge in [-0.2, -0.15) is 0 Å². The van der Waals surface area contributed by atoms with Crippen LogP contribution in [0.15, 0.2) is 78.5 Å². The fourth-order valence-electron chi connectivity index (χ4n) is 3.50. The number of hydrogen-bond acceptors (Lipinski definition) is 5. The topological polar surface area (TPSA) is 75.7 Å². The molecular weight excluding hydrogens is 442 g/mol. The number of anilines is 2. The number of carbonyl (C=O) groups excluding carboxylic acids is 3. The lowest BCUT2D eigenvalue weighted by atomic mass is 10.0. The molecule has 1 aliphatic rings. The van der Waals surface area contributed by atoms with Gasteiger partial charge in [0.2, 0.25) is 0 Å². The molecule has 0 atom stereocenters. The van der Waals surface area contributed by atoms with Crippen molar-refractivity contribution in [2.45, 2.75) is 13.3 Å². The highest BCUT2D eigenvalue weighted by molar-refractivity contribution is 6.46. The van der Waals surface area contributed by atoms with E-state index in [9.17, 15) is 23.2 Å².